The van der Waals surface area contributed by atoms with E-state index < -0.39 is 24.6 Å². The van der Waals surface area contributed by atoms with E-state index in [2.05, 4.69) is 64.8 Å². The monoisotopic (exact) mass is 963 g/mol. The largest absolute Gasteiger partial charge is 0.488 e. The predicted octanol–water partition coefficient (Wildman–Crippen LogP) is 7.24. The zero-order chi connectivity index (χ0) is 49.1. The Bertz CT molecular complexity index is 2580. The van der Waals surface area contributed by atoms with E-state index in [0.29, 0.717) is 38.1 Å². The number of amides is 3. The van der Waals surface area contributed by atoms with E-state index in [1.807, 2.05) is 43.7 Å². The molecule has 0 saturated carbocycles. The number of alkyl carbamates (subject to hydrolysis) is 1. The summed E-state index contributed by atoms with van der Waals surface area (Å²) in [6, 6.07) is 8.87. The Morgan fingerprint density at radius 1 is 0.743 bits per heavy atom. The Morgan fingerprint density at radius 2 is 1.37 bits per heavy atom. The number of imidazole rings is 2. The SMILES string of the molecule is COC(=O)NC(C(=O)N1C(C)CCC1c1ncc(-c2ccc3c(c2)COc2cc4c(cc2-3)CCc2[nH]c(C3CCC(C)N3C(=O)C(NC(O)OC)C3CC(C)OC(C)C3)nc2-4)[nH]1)C1CC(C)OC(C)C1. The van der Waals surface area contributed by atoms with Crippen molar-refractivity contribution in [2.75, 3.05) is 14.2 Å². The van der Waals surface area contributed by atoms with Crippen molar-refractivity contribution >= 4 is 17.9 Å². The third kappa shape index (κ3) is 9.23. The molecule has 2 aromatic heterocycles. The number of nitrogens with zero attached hydrogens (tertiary/aromatic N) is 4. The fourth-order valence-electron chi connectivity index (χ4n) is 12.8. The van der Waals surface area contributed by atoms with Crippen molar-refractivity contribution < 1.29 is 43.2 Å². The number of aliphatic hydroxyl groups is 1. The van der Waals surface area contributed by atoms with Gasteiger partial charge in [0.2, 0.25) is 18.2 Å². The van der Waals surface area contributed by atoms with Crippen LogP contribution in [0.2, 0.25) is 0 Å². The van der Waals surface area contributed by atoms with Gasteiger partial charge in [-0.05, 0) is 158 Å². The molecule has 4 fully saturated rings. The number of fused-ring (bicyclic) bond motifs is 6. The molecule has 7 heterocycles. The lowest BCUT2D eigenvalue weighted by molar-refractivity contribution is -0.152. The lowest BCUT2D eigenvalue weighted by atomic mass is 9.85. The van der Waals surface area contributed by atoms with Crippen molar-refractivity contribution in [2.45, 2.75) is 179 Å². The number of methoxy groups -OCH3 is 2. The second kappa shape index (κ2) is 19.7. The summed E-state index contributed by atoms with van der Waals surface area (Å²) in [6.07, 6.45) is 7.42. The van der Waals surface area contributed by atoms with Gasteiger partial charge in [-0.2, -0.15) is 0 Å². The fraction of sp³-hybridized carbons (Fsp3) is 0.604. The molecule has 0 spiro atoms. The van der Waals surface area contributed by atoms with Crippen molar-refractivity contribution in [2.24, 2.45) is 11.8 Å². The molecule has 0 bridgehead atoms. The molecule has 17 nitrogen and oxygen atoms in total. The number of rotatable bonds is 11. The van der Waals surface area contributed by atoms with Gasteiger partial charge in [0.15, 0.2) is 0 Å². The molecular weight excluding hydrogens is 893 g/mol. The van der Waals surface area contributed by atoms with Crippen LogP contribution in [-0.2, 0) is 48.0 Å². The van der Waals surface area contributed by atoms with E-state index >= 15 is 0 Å². The van der Waals surface area contributed by atoms with E-state index in [4.69, 9.17) is 33.7 Å². The molecule has 6 aliphatic rings. The third-order valence-electron chi connectivity index (χ3n) is 16.0. The molecule has 4 saturated heterocycles. The van der Waals surface area contributed by atoms with Crippen molar-refractivity contribution in [1.29, 1.82) is 0 Å². The minimum Gasteiger partial charge on any atom is -0.488 e. The lowest BCUT2D eigenvalue weighted by Gasteiger charge is -2.40. The molecule has 10 rings (SSSR count). The Labute approximate surface area is 410 Å². The number of likely N-dealkylation sites (tertiary alicyclic amines) is 2. The van der Waals surface area contributed by atoms with Gasteiger partial charge in [0.25, 0.3) is 0 Å². The van der Waals surface area contributed by atoms with E-state index in [1.165, 1.54) is 19.8 Å². The summed E-state index contributed by atoms with van der Waals surface area (Å²) in [5.41, 5.74) is 9.26. The maximum absolute atomic E-state index is 14.7. The van der Waals surface area contributed by atoms with E-state index in [9.17, 15) is 19.5 Å². The van der Waals surface area contributed by atoms with Crippen molar-refractivity contribution in [3.05, 3.63) is 65.0 Å². The van der Waals surface area contributed by atoms with Crippen LogP contribution in [0.25, 0.3) is 33.6 Å². The number of carbonyl (C=O) groups excluding carboxylic acids is 3. The maximum atomic E-state index is 14.7. The first-order valence-electron chi connectivity index (χ1n) is 25.5. The Kier molecular flexibility index (Phi) is 13.6. The number of aryl methyl sites for hydroxylation is 2. The summed E-state index contributed by atoms with van der Waals surface area (Å²) < 4.78 is 28.7. The van der Waals surface area contributed by atoms with Gasteiger partial charge in [-0.25, -0.2) is 14.8 Å². The maximum Gasteiger partial charge on any atom is 0.407 e. The number of benzene rings is 2. The number of aromatic nitrogens is 4. The Morgan fingerprint density at radius 3 is 2.01 bits per heavy atom. The van der Waals surface area contributed by atoms with Gasteiger partial charge in [-0.1, -0.05) is 12.1 Å². The van der Waals surface area contributed by atoms with Crippen molar-refractivity contribution in [1.82, 2.24) is 40.4 Å². The highest BCUT2D eigenvalue weighted by Gasteiger charge is 2.46. The summed E-state index contributed by atoms with van der Waals surface area (Å²) in [7, 11) is 2.74. The van der Waals surface area contributed by atoms with Crippen LogP contribution in [-0.4, -0.2) is 122 Å². The first-order valence-corrected chi connectivity index (χ1v) is 25.5. The summed E-state index contributed by atoms with van der Waals surface area (Å²) in [6.45, 7) is 12.6. The Hall–Kier alpha value is -5.33. The summed E-state index contributed by atoms with van der Waals surface area (Å²) in [5, 5.41) is 16.6. The topological polar surface area (TPSA) is 205 Å². The highest BCUT2D eigenvalue weighted by atomic mass is 16.6. The molecule has 70 heavy (non-hydrogen) atoms. The molecule has 11 atom stereocenters. The first kappa shape index (κ1) is 48.3. The molecule has 11 unspecified atom stereocenters. The summed E-state index contributed by atoms with van der Waals surface area (Å²) in [4.78, 5) is 63.1. The number of aliphatic hydroxyl groups excluding tert-OH is 1. The molecular formula is C53H70N8O9. The Balaban J connectivity index is 0.872. The molecule has 376 valence electrons. The zero-order valence-corrected chi connectivity index (χ0v) is 41.7. The van der Waals surface area contributed by atoms with Crippen molar-refractivity contribution in [3.63, 3.8) is 0 Å². The second-order valence-electron chi connectivity index (χ2n) is 21.0. The summed E-state index contributed by atoms with van der Waals surface area (Å²) >= 11 is 0. The third-order valence-corrected chi connectivity index (χ3v) is 16.0. The molecule has 0 radical (unpaired) electrons. The number of H-pyrrole nitrogens is 2. The fourth-order valence-corrected chi connectivity index (χ4v) is 12.8. The van der Waals surface area contributed by atoms with E-state index in [-0.39, 0.29) is 72.2 Å². The van der Waals surface area contributed by atoms with Gasteiger partial charge in [-0.3, -0.25) is 14.9 Å². The van der Waals surface area contributed by atoms with Crippen LogP contribution in [0.15, 0.2) is 36.5 Å². The average molecular weight is 963 g/mol. The van der Waals surface area contributed by atoms with Crippen LogP contribution in [0.5, 0.6) is 5.75 Å². The first-order chi connectivity index (χ1) is 33.7. The minimum atomic E-state index is -1.27. The van der Waals surface area contributed by atoms with Crippen molar-refractivity contribution in [3.8, 4) is 39.4 Å². The van der Waals surface area contributed by atoms with E-state index in [1.54, 1.807) is 0 Å². The lowest BCUT2D eigenvalue weighted by Crippen LogP contribution is -2.56. The quantitative estimate of drug-likeness (QED) is 0.0944. The van der Waals surface area contributed by atoms with Gasteiger partial charge >= 0.3 is 6.09 Å². The normalized spacial score (nSPS) is 29.5. The van der Waals surface area contributed by atoms with Crippen LogP contribution in [0, 0.1) is 11.8 Å². The molecule has 1 aliphatic carbocycles. The molecule has 17 heteroatoms. The van der Waals surface area contributed by atoms with Crippen LogP contribution < -0.4 is 15.4 Å². The molecule has 5 aliphatic heterocycles. The van der Waals surface area contributed by atoms with Gasteiger partial charge in [-0.15, -0.1) is 0 Å². The average Bonchev–Trinajstić information content (AvgIpc) is 4.16. The molecule has 5 N–H and O–H groups in total. The van der Waals surface area contributed by atoms with Crippen LogP contribution in [0.1, 0.15) is 133 Å². The van der Waals surface area contributed by atoms with Gasteiger partial charge < -0.3 is 53.9 Å². The van der Waals surface area contributed by atoms with E-state index in [0.717, 1.165) is 95.0 Å². The highest BCUT2D eigenvalue weighted by Crippen LogP contribution is 2.47. The van der Waals surface area contributed by atoms with Gasteiger partial charge in [0.1, 0.15) is 30.0 Å². The van der Waals surface area contributed by atoms with Gasteiger partial charge in [0.05, 0.1) is 67.2 Å². The number of aromatic amines is 2. The smallest absolute Gasteiger partial charge is 0.407 e. The van der Waals surface area contributed by atoms with Crippen LogP contribution >= 0.6 is 0 Å². The van der Waals surface area contributed by atoms with Crippen LogP contribution in [0.3, 0.4) is 0 Å². The van der Waals surface area contributed by atoms with Gasteiger partial charge in [0, 0.05) is 36.0 Å². The zero-order valence-electron chi connectivity index (χ0n) is 41.7. The predicted molar refractivity (Wildman–Crippen MR) is 260 cm³/mol. The number of carbonyl (C=O) groups is 3. The molecule has 2 aromatic carbocycles. The molecule has 4 aromatic rings. The second-order valence-corrected chi connectivity index (χ2v) is 21.0. The number of ether oxygens (including phenoxy) is 5. The standard InChI is InChI=1S/C53H70N8O9/c1-26-9-15-42(60(26)50(62)45(58-52(64)66-7)34-17-28(3)69-29(4)18-34)48-54-24-41(56-48)33-11-13-37-36(21-33)25-68-44-23-38-32(22-39(37)44)12-14-40-47(38)57-49(55-40)43-16-10-27(2)61(43)51(63)46(59-53(65)67-8)35-19-30(5)70-31(6)20-35/h11,13,21-24,26-31,34-35,42-43,45-46,53,59,65H,9-10,12,14-20,25H2,1-8H3,(H,54,56)(H,55,57)(H,58,64). The minimum absolute atomic E-state index is 0.0000902. The highest BCUT2D eigenvalue weighted by molar-refractivity contribution is 5.87. The number of nitrogens with one attached hydrogen (secondary N) is 4. The number of hydrogen-bond donors (Lipinski definition) is 5. The van der Waals surface area contributed by atoms with Crippen LogP contribution in [0.4, 0.5) is 4.79 Å². The summed E-state index contributed by atoms with van der Waals surface area (Å²) in [5.74, 6) is 2.00. The molecule has 3 amide bonds. The number of hydrogen-bond acceptors (Lipinski definition) is 12.